The number of aromatic amines is 1. The quantitative estimate of drug-likeness (QED) is 0.607. The summed E-state index contributed by atoms with van der Waals surface area (Å²) in [7, 11) is 0. The van der Waals surface area contributed by atoms with Crippen molar-refractivity contribution in [2.24, 2.45) is 5.73 Å². The van der Waals surface area contributed by atoms with Crippen LogP contribution in [0.15, 0.2) is 24.4 Å². The first-order valence-corrected chi connectivity index (χ1v) is 5.20. The molecule has 1 aromatic heterocycles. The first kappa shape index (κ1) is 10.7. The minimum Gasteiger partial charge on any atom is -0.426 e. The van der Waals surface area contributed by atoms with Gasteiger partial charge in [-0.3, -0.25) is 4.79 Å². The van der Waals surface area contributed by atoms with Gasteiger partial charge in [-0.05, 0) is 30.7 Å². The van der Waals surface area contributed by atoms with Crippen molar-refractivity contribution in [3.63, 3.8) is 0 Å². The van der Waals surface area contributed by atoms with Gasteiger partial charge in [-0.15, -0.1) is 0 Å². The van der Waals surface area contributed by atoms with E-state index in [0.29, 0.717) is 12.3 Å². The van der Waals surface area contributed by atoms with Crippen molar-refractivity contribution in [1.82, 2.24) is 4.98 Å². The van der Waals surface area contributed by atoms with Crippen LogP contribution >= 0.6 is 0 Å². The summed E-state index contributed by atoms with van der Waals surface area (Å²) in [6.07, 6.45) is 2.67. The second kappa shape index (κ2) is 4.37. The Bertz CT molecular complexity index is 517. The fourth-order valence-electron chi connectivity index (χ4n) is 1.81. The van der Waals surface area contributed by atoms with E-state index in [-0.39, 0.29) is 5.97 Å². The summed E-state index contributed by atoms with van der Waals surface area (Å²) in [4.78, 5) is 14.1. The normalized spacial score (nSPS) is 10.6. The zero-order chi connectivity index (χ0) is 11.5. The molecular weight excluding hydrogens is 204 g/mol. The smallest absolute Gasteiger partial charge is 0.308 e. The second-order valence-corrected chi connectivity index (χ2v) is 3.62. The summed E-state index contributed by atoms with van der Waals surface area (Å²) in [5.74, 6) is 0.280. The van der Waals surface area contributed by atoms with Crippen LogP contribution < -0.4 is 10.5 Å². The number of aromatic nitrogens is 1. The Labute approximate surface area is 93.4 Å². The highest BCUT2D eigenvalue weighted by atomic mass is 16.5. The summed E-state index contributed by atoms with van der Waals surface area (Å²) in [6.45, 7) is 1.97. The van der Waals surface area contributed by atoms with Gasteiger partial charge in [-0.25, -0.2) is 0 Å². The predicted octanol–water partition coefficient (Wildman–Crippen LogP) is 1.59. The summed E-state index contributed by atoms with van der Waals surface area (Å²) < 4.78 is 5.17. The Morgan fingerprint density at radius 2 is 2.31 bits per heavy atom. The largest absolute Gasteiger partial charge is 0.426 e. The molecule has 4 nitrogen and oxygen atoms in total. The Morgan fingerprint density at radius 3 is 3.00 bits per heavy atom. The van der Waals surface area contributed by atoms with Crippen LogP contribution in [-0.4, -0.2) is 17.5 Å². The third-order valence-corrected chi connectivity index (χ3v) is 2.42. The number of nitrogens with one attached hydrogen (secondary N) is 1. The molecule has 0 aliphatic heterocycles. The van der Waals surface area contributed by atoms with Gasteiger partial charge in [0.15, 0.2) is 0 Å². The lowest BCUT2D eigenvalue weighted by atomic mass is 10.1. The number of benzene rings is 1. The van der Waals surface area contributed by atoms with Crippen molar-refractivity contribution < 1.29 is 9.53 Å². The monoisotopic (exact) mass is 218 g/mol. The molecule has 1 heterocycles. The van der Waals surface area contributed by atoms with Crippen molar-refractivity contribution in [1.29, 1.82) is 0 Å². The molecule has 0 saturated carbocycles. The molecule has 16 heavy (non-hydrogen) atoms. The third kappa shape index (κ3) is 1.92. The maximum atomic E-state index is 11.0. The molecule has 0 amide bonds. The van der Waals surface area contributed by atoms with Gasteiger partial charge in [0.1, 0.15) is 5.75 Å². The molecule has 2 rings (SSSR count). The topological polar surface area (TPSA) is 68.1 Å². The van der Waals surface area contributed by atoms with Crippen molar-refractivity contribution in [2.45, 2.75) is 13.3 Å². The third-order valence-electron chi connectivity index (χ3n) is 2.42. The molecule has 0 radical (unpaired) electrons. The van der Waals surface area contributed by atoms with Gasteiger partial charge >= 0.3 is 5.97 Å². The molecule has 0 spiro atoms. The highest BCUT2D eigenvalue weighted by Gasteiger charge is 2.10. The van der Waals surface area contributed by atoms with Gasteiger partial charge in [0.25, 0.3) is 0 Å². The SMILES string of the molecule is CC(=O)Oc1cccc2[nH]cc(CCN)c12. The summed E-state index contributed by atoms with van der Waals surface area (Å²) in [5.41, 5.74) is 7.58. The van der Waals surface area contributed by atoms with E-state index < -0.39 is 0 Å². The number of esters is 1. The average molecular weight is 218 g/mol. The molecule has 0 atom stereocenters. The molecular formula is C12H14N2O2. The van der Waals surface area contributed by atoms with Gasteiger partial charge in [-0.2, -0.15) is 0 Å². The lowest BCUT2D eigenvalue weighted by Gasteiger charge is -2.04. The van der Waals surface area contributed by atoms with Crippen molar-refractivity contribution in [3.05, 3.63) is 30.0 Å². The molecule has 84 valence electrons. The molecule has 3 N–H and O–H groups in total. The fourth-order valence-corrected chi connectivity index (χ4v) is 1.81. The molecule has 2 aromatic rings. The maximum Gasteiger partial charge on any atom is 0.308 e. The van der Waals surface area contributed by atoms with Crippen LogP contribution in [0.3, 0.4) is 0 Å². The summed E-state index contributed by atoms with van der Waals surface area (Å²) in [5, 5.41) is 0.947. The van der Waals surface area contributed by atoms with E-state index in [0.717, 1.165) is 22.9 Å². The van der Waals surface area contributed by atoms with E-state index in [1.807, 2.05) is 18.3 Å². The Kier molecular flexibility index (Phi) is 2.92. The van der Waals surface area contributed by atoms with Crippen LogP contribution in [0.2, 0.25) is 0 Å². The average Bonchev–Trinajstić information content (AvgIpc) is 2.62. The number of carbonyl (C=O) groups excluding carboxylic acids is 1. The van der Waals surface area contributed by atoms with Crippen LogP contribution in [0.5, 0.6) is 5.75 Å². The van der Waals surface area contributed by atoms with E-state index in [4.69, 9.17) is 10.5 Å². The van der Waals surface area contributed by atoms with E-state index in [9.17, 15) is 4.79 Å². The van der Waals surface area contributed by atoms with Crippen molar-refractivity contribution in [3.8, 4) is 5.75 Å². The number of hydrogen-bond acceptors (Lipinski definition) is 3. The summed E-state index contributed by atoms with van der Waals surface area (Å²) >= 11 is 0. The van der Waals surface area contributed by atoms with Crippen LogP contribution in [0.4, 0.5) is 0 Å². The molecule has 4 heteroatoms. The van der Waals surface area contributed by atoms with Crippen molar-refractivity contribution in [2.75, 3.05) is 6.54 Å². The number of carbonyl (C=O) groups is 1. The van der Waals surface area contributed by atoms with Gasteiger partial charge in [-0.1, -0.05) is 6.07 Å². The standard InChI is InChI=1S/C12H14N2O2/c1-8(15)16-11-4-2-3-10-12(11)9(5-6-13)7-14-10/h2-4,7,14H,5-6,13H2,1H3. The van der Waals surface area contributed by atoms with Gasteiger partial charge in [0.2, 0.25) is 0 Å². The molecule has 0 aliphatic rings. The number of H-pyrrole nitrogens is 1. The zero-order valence-electron chi connectivity index (χ0n) is 9.12. The van der Waals surface area contributed by atoms with Gasteiger partial charge < -0.3 is 15.5 Å². The highest BCUT2D eigenvalue weighted by molar-refractivity contribution is 5.91. The minimum atomic E-state index is -0.313. The molecule has 0 saturated heterocycles. The molecule has 0 aliphatic carbocycles. The Balaban J connectivity index is 2.54. The first-order chi connectivity index (χ1) is 7.72. The number of ether oxygens (including phenoxy) is 1. The Hall–Kier alpha value is -1.81. The van der Waals surface area contributed by atoms with Crippen LogP contribution in [0.1, 0.15) is 12.5 Å². The zero-order valence-corrected chi connectivity index (χ0v) is 9.12. The molecule has 0 unspecified atom stereocenters. The number of rotatable bonds is 3. The van der Waals surface area contributed by atoms with Gasteiger partial charge in [0, 0.05) is 24.0 Å². The number of fused-ring (bicyclic) bond motifs is 1. The summed E-state index contributed by atoms with van der Waals surface area (Å²) in [6, 6.07) is 5.59. The van der Waals surface area contributed by atoms with E-state index >= 15 is 0 Å². The predicted molar refractivity (Wildman–Crippen MR) is 62.4 cm³/mol. The lowest BCUT2D eigenvalue weighted by Crippen LogP contribution is -2.04. The number of nitrogens with two attached hydrogens (primary N) is 1. The number of hydrogen-bond donors (Lipinski definition) is 2. The van der Waals surface area contributed by atoms with Crippen LogP contribution in [-0.2, 0) is 11.2 Å². The first-order valence-electron chi connectivity index (χ1n) is 5.20. The van der Waals surface area contributed by atoms with E-state index in [1.165, 1.54) is 6.92 Å². The molecule has 0 bridgehead atoms. The molecule has 1 aromatic carbocycles. The minimum absolute atomic E-state index is 0.313. The van der Waals surface area contributed by atoms with E-state index in [2.05, 4.69) is 4.98 Å². The van der Waals surface area contributed by atoms with Crippen LogP contribution in [0.25, 0.3) is 10.9 Å². The van der Waals surface area contributed by atoms with Crippen LogP contribution in [0, 0.1) is 0 Å². The maximum absolute atomic E-state index is 11.0. The van der Waals surface area contributed by atoms with E-state index in [1.54, 1.807) is 6.07 Å². The van der Waals surface area contributed by atoms with Crippen molar-refractivity contribution >= 4 is 16.9 Å². The Morgan fingerprint density at radius 1 is 1.50 bits per heavy atom. The lowest BCUT2D eigenvalue weighted by molar-refractivity contribution is -0.131. The fraction of sp³-hybridized carbons (Fsp3) is 0.250. The molecule has 0 fully saturated rings. The highest BCUT2D eigenvalue weighted by Crippen LogP contribution is 2.28. The van der Waals surface area contributed by atoms with Gasteiger partial charge in [0.05, 0.1) is 0 Å². The second-order valence-electron chi connectivity index (χ2n) is 3.62.